The number of fused-ring (bicyclic) bond motifs is 2. The maximum atomic E-state index is 13.7. The first kappa shape index (κ1) is 24.1. The fraction of sp³-hybridized carbons (Fsp3) is 0.0968. The van der Waals surface area contributed by atoms with Gasteiger partial charge >= 0.3 is 5.97 Å². The monoisotopic (exact) mass is 516 g/mol. The molecule has 192 valence electrons. The first-order chi connectivity index (χ1) is 19.0. The van der Waals surface area contributed by atoms with Gasteiger partial charge in [0.1, 0.15) is 23.3 Å². The Morgan fingerprint density at radius 2 is 1.77 bits per heavy atom. The zero-order valence-electron chi connectivity index (χ0n) is 21.0. The highest BCUT2D eigenvalue weighted by molar-refractivity contribution is 5.95. The van der Waals surface area contributed by atoms with Gasteiger partial charge in [0.2, 0.25) is 0 Å². The number of aromatic nitrogens is 3. The first-order valence-corrected chi connectivity index (χ1v) is 12.5. The molecule has 2 N–H and O–H groups in total. The predicted octanol–water partition coefficient (Wildman–Crippen LogP) is 5.92. The molecule has 0 bridgehead atoms. The normalized spacial score (nSPS) is 12.0. The van der Waals surface area contributed by atoms with E-state index in [4.69, 9.17) is 4.52 Å². The molecule has 0 aliphatic heterocycles. The summed E-state index contributed by atoms with van der Waals surface area (Å²) >= 11 is 0. The summed E-state index contributed by atoms with van der Waals surface area (Å²) in [5.74, 6) is -1.29. The maximum absolute atomic E-state index is 13.7. The van der Waals surface area contributed by atoms with E-state index in [0.717, 1.165) is 22.2 Å². The molecule has 6 aromatic rings. The van der Waals surface area contributed by atoms with Crippen LogP contribution in [-0.2, 0) is 6.42 Å². The van der Waals surface area contributed by atoms with Crippen LogP contribution >= 0.6 is 0 Å². The number of benzene rings is 3. The number of carbonyl (C=O) groups is 2. The smallest absolute Gasteiger partial charge is 0.335 e. The zero-order chi connectivity index (χ0) is 26.9. The minimum atomic E-state index is -0.996. The molecule has 6 rings (SSSR count). The minimum absolute atomic E-state index is 0.191. The lowest BCUT2D eigenvalue weighted by Crippen LogP contribution is -2.28. The molecule has 0 aliphatic rings. The molecule has 0 spiro atoms. The van der Waals surface area contributed by atoms with Crippen molar-refractivity contribution in [1.29, 1.82) is 0 Å². The van der Waals surface area contributed by atoms with E-state index in [1.165, 1.54) is 23.8 Å². The topological polar surface area (TPSA) is 110 Å². The van der Waals surface area contributed by atoms with Crippen molar-refractivity contribution < 1.29 is 19.2 Å². The van der Waals surface area contributed by atoms with Crippen LogP contribution < -0.4 is 5.32 Å². The number of carboxylic acid groups (broad SMARTS) is 1. The molecular formula is C31H24N4O4. The Bertz CT molecular complexity index is 1820. The molecule has 3 aromatic carbocycles. The summed E-state index contributed by atoms with van der Waals surface area (Å²) in [6, 6.07) is 26.1. The van der Waals surface area contributed by atoms with Crippen molar-refractivity contribution in [2.24, 2.45) is 0 Å². The molecular weight excluding hydrogens is 492 g/mol. The van der Waals surface area contributed by atoms with Gasteiger partial charge in [0.15, 0.2) is 0 Å². The third-order valence-corrected chi connectivity index (χ3v) is 6.85. The van der Waals surface area contributed by atoms with E-state index in [1.54, 1.807) is 30.5 Å². The van der Waals surface area contributed by atoms with E-state index in [0.29, 0.717) is 29.0 Å². The average Bonchev–Trinajstić information content (AvgIpc) is 3.63. The van der Waals surface area contributed by atoms with Crippen LogP contribution in [0.25, 0.3) is 27.7 Å². The molecule has 8 heteroatoms. The average molecular weight is 517 g/mol. The molecule has 0 fully saturated rings. The van der Waals surface area contributed by atoms with Gasteiger partial charge in [-0.3, -0.25) is 9.20 Å². The number of hydrogen-bond acceptors (Lipinski definition) is 5. The molecule has 3 aromatic heterocycles. The molecule has 0 radical (unpaired) electrons. The van der Waals surface area contributed by atoms with Crippen LogP contribution in [0, 0.1) is 0 Å². The van der Waals surface area contributed by atoms with Gasteiger partial charge in [-0.15, -0.1) is 0 Å². The van der Waals surface area contributed by atoms with E-state index < -0.39 is 5.97 Å². The Kier molecular flexibility index (Phi) is 6.13. The molecule has 0 unspecified atom stereocenters. The zero-order valence-corrected chi connectivity index (χ0v) is 21.0. The fourth-order valence-electron chi connectivity index (χ4n) is 4.80. The van der Waals surface area contributed by atoms with Crippen LogP contribution in [0.3, 0.4) is 0 Å². The van der Waals surface area contributed by atoms with Gasteiger partial charge in [0, 0.05) is 29.9 Å². The number of nitrogens with zero attached hydrogens (tertiary/aromatic N) is 3. The highest BCUT2D eigenvalue weighted by Gasteiger charge is 2.20. The first-order valence-electron chi connectivity index (χ1n) is 12.5. The summed E-state index contributed by atoms with van der Waals surface area (Å²) in [6.45, 7) is 1.86. The number of pyridine rings is 1. The second-order valence-corrected chi connectivity index (χ2v) is 9.44. The number of aromatic carboxylic acids is 1. The Labute approximate surface area is 223 Å². The molecule has 39 heavy (non-hydrogen) atoms. The van der Waals surface area contributed by atoms with Crippen LogP contribution in [0.5, 0.6) is 0 Å². The van der Waals surface area contributed by atoms with Crippen molar-refractivity contribution in [2.45, 2.75) is 19.4 Å². The molecule has 0 saturated carbocycles. The lowest BCUT2D eigenvalue weighted by atomic mass is 10.0. The Morgan fingerprint density at radius 1 is 0.974 bits per heavy atom. The van der Waals surface area contributed by atoms with Crippen molar-refractivity contribution in [2.75, 3.05) is 0 Å². The van der Waals surface area contributed by atoms with E-state index in [9.17, 15) is 14.7 Å². The van der Waals surface area contributed by atoms with Crippen LogP contribution in [0.2, 0.25) is 0 Å². The van der Waals surface area contributed by atoms with Crippen LogP contribution in [0.4, 0.5) is 0 Å². The van der Waals surface area contributed by atoms with E-state index in [-0.39, 0.29) is 17.5 Å². The number of carbonyl (C=O) groups excluding carboxylic acids is 1. The van der Waals surface area contributed by atoms with Gasteiger partial charge in [-0.05, 0) is 53.1 Å². The Balaban J connectivity index is 1.38. The number of rotatable bonds is 7. The number of amides is 1. The molecule has 1 atom stereocenters. The third-order valence-electron chi connectivity index (χ3n) is 6.85. The van der Waals surface area contributed by atoms with Gasteiger partial charge in [0.05, 0.1) is 11.6 Å². The molecule has 1 amide bonds. The fourth-order valence-corrected chi connectivity index (χ4v) is 4.80. The molecule has 8 nitrogen and oxygen atoms in total. The number of carboxylic acids is 1. The SMILES string of the molecule is C[C@H](NC(=O)c1cc(-c2ccon2)cc2ncc(Cc3ccc4ccccc4c3)n12)c1ccc(C(=O)O)cc1. The van der Waals surface area contributed by atoms with Crippen LogP contribution in [-0.4, -0.2) is 31.5 Å². The Morgan fingerprint density at radius 3 is 2.51 bits per heavy atom. The van der Waals surface area contributed by atoms with Crippen LogP contribution in [0.1, 0.15) is 50.6 Å². The van der Waals surface area contributed by atoms with E-state index >= 15 is 0 Å². The van der Waals surface area contributed by atoms with Gasteiger partial charge in [-0.25, -0.2) is 9.78 Å². The highest BCUT2D eigenvalue weighted by atomic mass is 16.5. The molecule has 3 heterocycles. The van der Waals surface area contributed by atoms with Crippen LogP contribution in [0.15, 0.2) is 102 Å². The third kappa shape index (κ3) is 4.75. The standard InChI is InChI=1S/C31H24N4O4/c1-19(21-8-10-23(11-9-21)31(37)38)33-30(36)28-16-25(27-12-13-39-34-27)17-29-32-18-26(35(28)29)15-20-6-7-22-4-2-3-5-24(22)14-20/h2-14,16-19H,15H2,1H3,(H,33,36)(H,37,38)/t19-/m0/s1. The van der Waals surface area contributed by atoms with E-state index in [1.807, 2.05) is 29.5 Å². The van der Waals surface area contributed by atoms with Crippen molar-refractivity contribution in [3.63, 3.8) is 0 Å². The van der Waals surface area contributed by atoms with Gasteiger partial charge in [0.25, 0.3) is 5.91 Å². The number of nitrogens with one attached hydrogen (secondary N) is 1. The van der Waals surface area contributed by atoms with Gasteiger partial charge in [-0.2, -0.15) is 0 Å². The minimum Gasteiger partial charge on any atom is -0.478 e. The van der Waals surface area contributed by atoms with Crippen molar-refractivity contribution in [3.05, 3.63) is 125 Å². The Hall–Kier alpha value is -5.24. The van der Waals surface area contributed by atoms with Crippen molar-refractivity contribution >= 4 is 28.3 Å². The lowest BCUT2D eigenvalue weighted by Gasteiger charge is -2.17. The van der Waals surface area contributed by atoms with Crippen molar-refractivity contribution in [3.8, 4) is 11.3 Å². The summed E-state index contributed by atoms with van der Waals surface area (Å²) in [5.41, 5.74) is 5.30. The van der Waals surface area contributed by atoms with Crippen molar-refractivity contribution in [1.82, 2.24) is 19.9 Å². The number of hydrogen-bond donors (Lipinski definition) is 2. The highest BCUT2D eigenvalue weighted by Crippen LogP contribution is 2.25. The second-order valence-electron chi connectivity index (χ2n) is 9.44. The maximum Gasteiger partial charge on any atom is 0.335 e. The predicted molar refractivity (Wildman–Crippen MR) is 147 cm³/mol. The quantitative estimate of drug-likeness (QED) is 0.272. The lowest BCUT2D eigenvalue weighted by molar-refractivity contribution is 0.0696. The van der Waals surface area contributed by atoms with Gasteiger partial charge in [-0.1, -0.05) is 59.8 Å². The number of imidazole rings is 1. The molecule has 0 saturated heterocycles. The summed E-state index contributed by atoms with van der Waals surface area (Å²) in [4.78, 5) is 29.6. The molecule has 0 aliphatic carbocycles. The summed E-state index contributed by atoms with van der Waals surface area (Å²) in [7, 11) is 0. The summed E-state index contributed by atoms with van der Waals surface area (Å²) < 4.78 is 6.90. The second kappa shape index (κ2) is 9.90. The summed E-state index contributed by atoms with van der Waals surface area (Å²) in [6.07, 6.45) is 3.86. The largest absolute Gasteiger partial charge is 0.478 e. The van der Waals surface area contributed by atoms with Gasteiger partial charge < -0.3 is 14.9 Å². The van der Waals surface area contributed by atoms with E-state index in [2.05, 4.69) is 45.8 Å². The summed E-state index contributed by atoms with van der Waals surface area (Å²) in [5, 5.41) is 18.6.